The molecule has 0 bridgehead atoms. The van der Waals surface area contributed by atoms with Gasteiger partial charge in [-0.05, 0) is 25.3 Å². The molecule has 1 aromatic rings. The maximum Gasteiger partial charge on any atom is 0.230 e. The van der Waals surface area contributed by atoms with Crippen molar-refractivity contribution in [2.45, 2.75) is 31.2 Å². The van der Waals surface area contributed by atoms with Crippen molar-refractivity contribution < 1.29 is 9.53 Å². The lowest BCUT2D eigenvalue weighted by atomic mass is 9.91. The molecule has 1 unspecified atom stereocenters. The number of alkyl halides is 1. The van der Waals surface area contributed by atoms with E-state index in [-0.39, 0.29) is 11.8 Å². The molecule has 1 atom stereocenters. The second-order valence-corrected chi connectivity index (χ2v) is 5.56. The van der Waals surface area contributed by atoms with Crippen LogP contribution in [-0.2, 0) is 4.79 Å². The summed E-state index contributed by atoms with van der Waals surface area (Å²) in [6.45, 7) is 1.28. The van der Waals surface area contributed by atoms with E-state index in [1.807, 2.05) is 29.2 Å². The van der Waals surface area contributed by atoms with Gasteiger partial charge >= 0.3 is 0 Å². The van der Waals surface area contributed by atoms with Crippen LogP contribution in [0.1, 0.15) is 30.7 Å². The number of hydrogen-bond acceptors (Lipinski definition) is 2. The van der Waals surface area contributed by atoms with Crippen LogP contribution in [0.2, 0.25) is 0 Å². The summed E-state index contributed by atoms with van der Waals surface area (Å²) in [5.74, 6) is 1.52. The third-order valence-electron chi connectivity index (χ3n) is 3.85. The number of ether oxygens (including phenoxy) is 1. The number of amides is 1. The van der Waals surface area contributed by atoms with Gasteiger partial charge in [0.2, 0.25) is 5.91 Å². The fraction of sp³-hybridized carbons (Fsp3) is 0.533. The largest absolute Gasteiger partial charge is 0.493 e. The summed E-state index contributed by atoms with van der Waals surface area (Å²) in [7, 11) is 0. The molecule has 3 nitrogen and oxygen atoms in total. The molecule has 0 aromatic heterocycles. The van der Waals surface area contributed by atoms with Gasteiger partial charge in [0.15, 0.2) is 0 Å². The number of halogens is 1. The minimum absolute atomic E-state index is 0.0613. The summed E-state index contributed by atoms with van der Waals surface area (Å²) >= 11 is 5.83. The van der Waals surface area contributed by atoms with E-state index in [9.17, 15) is 4.79 Å². The van der Waals surface area contributed by atoms with Gasteiger partial charge in [-0.1, -0.05) is 18.2 Å². The lowest BCUT2D eigenvalue weighted by Gasteiger charge is -2.30. The zero-order valence-corrected chi connectivity index (χ0v) is 11.6. The number of nitrogens with zero attached hydrogens (tertiary/aromatic N) is 1. The first-order chi connectivity index (χ1) is 9.31. The minimum atomic E-state index is -0.0613. The first kappa shape index (κ1) is 12.8. The topological polar surface area (TPSA) is 29.5 Å². The highest BCUT2D eigenvalue weighted by atomic mass is 35.5. The fourth-order valence-electron chi connectivity index (χ4n) is 2.75. The van der Waals surface area contributed by atoms with Gasteiger partial charge < -0.3 is 9.64 Å². The van der Waals surface area contributed by atoms with Crippen molar-refractivity contribution >= 4 is 17.5 Å². The van der Waals surface area contributed by atoms with Gasteiger partial charge in [-0.2, -0.15) is 0 Å². The zero-order chi connectivity index (χ0) is 13.2. The molecule has 2 aliphatic rings. The van der Waals surface area contributed by atoms with Crippen molar-refractivity contribution in [1.82, 2.24) is 4.90 Å². The van der Waals surface area contributed by atoms with Gasteiger partial charge in [0.1, 0.15) is 5.75 Å². The average molecular weight is 280 g/mol. The number of carbonyl (C=O) groups is 1. The van der Waals surface area contributed by atoms with Gasteiger partial charge in [-0.3, -0.25) is 4.79 Å². The van der Waals surface area contributed by atoms with E-state index in [1.165, 1.54) is 0 Å². The predicted octanol–water partition coefficient (Wildman–Crippen LogP) is 2.78. The Labute approximate surface area is 118 Å². The number of para-hydroxylation sites is 1. The molecule has 1 amide bonds. The van der Waals surface area contributed by atoms with Crippen LogP contribution in [0.5, 0.6) is 5.75 Å². The molecule has 1 saturated carbocycles. The van der Waals surface area contributed by atoms with Crippen molar-refractivity contribution in [3.63, 3.8) is 0 Å². The maximum atomic E-state index is 12.7. The van der Waals surface area contributed by atoms with Crippen LogP contribution in [0.25, 0.3) is 0 Å². The van der Waals surface area contributed by atoms with E-state index < -0.39 is 0 Å². The van der Waals surface area contributed by atoms with Crippen LogP contribution in [0.15, 0.2) is 24.3 Å². The third-order valence-corrected chi connectivity index (χ3v) is 4.02. The number of hydrogen-bond donors (Lipinski definition) is 0. The van der Waals surface area contributed by atoms with Gasteiger partial charge in [0, 0.05) is 24.0 Å². The Morgan fingerprint density at radius 1 is 1.32 bits per heavy atom. The molecule has 1 heterocycles. The van der Waals surface area contributed by atoms with Crippen LogP contribution in [-0.4, -0.2) is 35.9 Å². The molecule has 0 saturated heterocycles. The second kappa shape index (κ2) is 5.41. The highest BCUT2D eigenvalue weighted by molar-refractivity contribution is 6.18. The zero-order valence-electron chi connectivity index (χ0n) is 10.8. The van der Waals surface area contributed by atoms with Crippen molar-refractivity contribution in [3.05, 3.63) is 29.8 Å². The van der Waals surface area contributed by atoms with Gasteiger partial charge in [0.25, 0.3) is 0 Å². The first-order valence-electron chi connectivity index (χ1n) is 6.89. The molecule has 0 N–H and O–H groups in total. The van der Waals surface area contributed by atoms with E-state index in [1.54, 1.807) is 0 Å². The molecule has 1 aliphatic carbocycles. The third kappa shape index (κ3) is 2.57. The second-order valence-electron chi connectivity index (χ2n) is 5.18. The number of rotatable bonds is 4. The maximum absolute atomic E-state index is 12.7. The summed E-state index contributed by atoms with van der Waals surface area (Å²) in [4.78, 5) is 14.7. The normalized spacial score (nSPS) is 21.4. The standard InChI is InChI=1S/C15H18ClNO2/c16-8-9-17(11-5-6-11)15(18)13-7-10-19-14-4-2-1-3-12(13)14/h1-4,11,13H,5-10H2. The first-order valence-corrected chi connectivity index (χ1v) is 7.43. The van der Waals surface area contributed by atoms with Gasteiger partial charge in [0.05, 0.1) is 12.5 Å². The van der Waals surface area contributed by atoms with E-state index >= 15 is 0 Å². The number of carbonyl (C=O) groups excluding carboxylic acids is 1. The molecule has 0 spiro atoms. The van der Waals surface area contributed by atoms with Crippen LogP contribution in [0, 0.1) is 0 Å². The molecule has 1 aromatic carbocycles. The summed E-state index contributed by atoms with van der Waals surface area (Å²) < 4.78 is 5.62. The minimum Gasteiger partial charge on any atom is -0.493 e. The van der Waals surface area contributed by atoms with E-state index in [2.05, 4.69) is 0 Å². The molecule has 0 radical (unpaired) electrons. The average Bonchev–Trinajstić information content (AvgIpc) is 3.28. The Bertz CT molecular complexity index is 473. The number of fused-ring (bicyclic) bond motifs is 1. The van der Waals surface area contributed by atoms with Gasteiger partial charge in [-0.25, -0.2) is 0 Å². The Morgan fingerprint density at radius 2 is 2.11 bits per heavy atom. The summed E-state index contributed by atoms with van der Waals surface area (Å²) in [5.41, 5.74) is 1.03. The number of benzene rings is 1. The Hall–Kier alpha value is -1.22. The SMILES string of the molecule is O=C(C1CCOc2ccccc21)N(CCCl)C1CC1. The van der Waals surface area contributed by atoms with Crippen molar-refractivity contribution in [2.24, 2.45) is 0 Å². The summed E-state index contributed by atoms with van der Waals surface area (Å²) in [5, 5.41) is 0. The molecular weight excluding hydrogens is 262 g/mol. The summed E-state index contributed by atoms with van der Waals surface area (Å²) in [6.07, 6.45) is 3.00. The predicted molar refractivity (Wildman–Crippen MR) is 74.8 cm³/mol. The molecule has 3 rings (SSSR count). The fourth-order valence-corrected chi connectivity index (χ4v) is 2.93. The van der Waals surface area contributed by atoms with Crippen LogP contribution in [0.3, 0.4) is 0 Å². The molecule has 1 fully saturated rings. The van der Waals surface area contributed by atoms with Crippen molar-refractivity contribution in [3.8, 4) is 5.75 Å². The lowest BCUT2D eigenvalue weighted by Crippen LogP contribution is -2.39. The molecule has 19 heavy (non-hydrogen) atoms. The Balaban J connectivity index is 1.83. The quantitative estimate of drug-likeness (QED) is 0.793. The van der Waals surface area contributed by atoms with Crippen LogP contribution in [0.4, 0.5) is 0 Å². The van der Waals surface area contributed by atoms with E-state index in [0.29, 0.717) is 25.1 Å². The Morgan fingerprint density at radius 3 is 2.84 bits per heavy atom. The van der Waals surface area contributed by atoms with Crippen LogP contribution < -0.4 is 4.74 Å². The summed E-state index contributed by atoms with van der Waals surface area (Å²) in [6, 6.07) is 8.28. The highest BCUT2D eigenvalue weighted by Gasteiger charge is 2.37. The lowest BCUT2D eigenvalue weighted by molar-refractivity contribution is -0.133. The highest BCUT2D eigenvalue weighted by Crippen LogP contribution is 2.37. The molecule has 4 heteroatoms. The van der Waals surface area contributed by atoms with E-state index in [0.717, 1.165) is 30.6 Å². The molecular formula is C15H18ClNO2. The molecule has 1 aliphatic heterocycles. The Kier molecular flexibility index (Phi) is 3.65. The monoisotopic (exact) mass is 279 g/mol. The smallest absolute Gasteiger partial charge is 0.230 e. The van der Waals surface area contributed by atoms with Crippen LogP contribution >= 0.6 is 11.6 Å². The van der Waals surface area contributed by atoms with Gasteiger partial charge in [-0.15, -0.1) is 11.6 Å². The molecule has 102 valence electrons. The van der Waals surface area contributed by atoms with Crippen molar-refractivity contribution in [2.75, 3.05) is 19.0 Å². The van der Waals surface area contributed by atoms with Crippen molar-refractivity contribution in [1.29, 1.82) is 0 Å². The van der Waals surface area contributed by atoms with E-state index in [4.69, 9.17) is 16.3 Å².